The van der Waals surface area contributed by atoms with Gasteiger partial charge in [-0.15, -0.1) is 11.3 Å². The van der Waals surface area contributed by atoms with Crippen LogP contribution in [-0.4, -0.2) is 21.5 Å². The highest BCUT2D eigenvalue weighted by Gasteiger charge is 2.07. The summed E-state index contributed by atoms with van der Waals surface area (Å²) in [4.78, 5) is 17.1. The number of nitrogen functional groups attached to an aromatic ring is 1. The van der Waals surface area contributed by atoms with Gasteiger partial charge in [0, 0.05) is 0 Å². The maximum absolute atomic E-state index is 8.36. The number of aromatic nitrogens is 2. The molecule has 0 bridgehead atoms. The largest absolute Gasteiger partial charge is 0.483 e. The Morgan fingerprint density at radius 1 is 1.42 bits per heavy atom. The first-order valence-corrected chi connectivity index (χ1v) is 6.22. The number of hydrogen-bond acceptors (Lipinski definition) is 6. The van der Waals surface area contributed by atoms with Crippen molar-refractivity contribution in [2.45, 2.75) is 6.42 Å². The van der Waals surface area contributed by atoms with E-state index in [0.29, 0.717) is 18.1 Å². The molecule has 3 N–H and O–H groups in total. The number of hydrogen-bond donors (Lipinski definition) is 2. The van der Waals surface area contributed by atoms with E-state index in [1.807, 2.05) is 23.6 Å². The van der Waals surface area contributed by atoms with Gasteiger partial charge in [0.2, 0.25) is 0 Å². The predicted molar refractivity (Wildman–Crippen MR) is 72.0 cm³/mol. The van der Waals surface area contributed by atoms with Crippen molar-refractivity contribution in [3.05, 3.63) is 41.4 Å². The van der Waals surface area contributed by atoms with Crippen molar-refractivity contribution in [3.63, 3.8) is 0 Å². The second-order valence-corrected chi connectivity index (χ2v) is 4.44. The molecule has 0 radical (unpaired) electrons. The van der Waals surface area contributed by atoms with E-state index in [1.165, 1.54) is 0 Å². The smallest absolute Gasteiger partial charge is 0.290 e. The Morgan fingerprint density at radius 3 is 2.89 bits per heavy atom. The molecule has 0 aliphatic carbocycles. The predicted octanol–water partition coefficient (Wildman–Crippen LogP) is 2.16. The summed E-state index contributed by atoms with van der Waals surface area (Å²) in [6.45, 7) is -0.250. The number of carboxylic acid groups (broad SMARTS) is 1. The summed E-state index contributed by atoms with van der Waals surface area (Å²) < 4.78 is 6.20. The average molecular weight is 277 g/mol. The molecule has 19 heavy (non-hydrogen) atoms. The van der Waals surface area contributed by atoms with Crippen LogP contribution >= 0.6 is 11.3 Å². The van der Waals surface area contributed by atoms with Crippen molar-refractivity contribution in [3.8, 4) is 0 Å². The highest BCUT2D eigenvalue weighted by atomic mass is 32.1. The molecule has 7 heteroatoms. The van der Waals surface area contributed by atoms with Crippen LogP contribution in [0, 0.1) is 0 Å². The maximum atomic E-state index is 8.36. The third-order valence-electron chi connectivity index (χ3n) is 2.29. The third-order valence-corrected chi connectivity index (χ3v) is 3.21. The van der Waals surface area contributed by atoms with Crippen molar-refractivity contribution in [2.75, 3.05) is 5.73 Å². The topological polar surface area (TPSA) is 102 Å². The minimum Gasteiger partial charge on any atom is -0.483 e. The Kier molecular flexibility index (Phi) is 4.09. The average Bonchev–Trinajstić information content (AvgIpc) is 3.00. The number of furan rings is 1. The molecule has 0 saturated heterocycles. The van der Waals surface area contributed by atoms with E-state index >= 15 is 0 Å². The maximum Gasteiger partial charge on any atom is 0.290 e. The number of rotatable bonds is 2. The van der Waals surface area contributed by atoms with Crippen molar-refractivity contribution in [1.82, 2.24) is 9.97 Å². The number of anilines is 1. The normalized spacial score (nSPS) is 9.89. The van der Waals surface area contributed by atoms with Gasteiger partial charge < -0.3 is 15.3 Å². The Bertz CT molecular complexity index is 664. The van der Waals surface area contributed by atoms with Crippen molar-refractivity contribution >= 4 is 33.8 Å². The molecular formula is C12H11N3O3S. The third kappa shape index (κ3) is 3.08. The van der Waals surface area contributed by atoms with Crippen LogP contribution in [0.2, 0.25) is 0 Å². The summed E-state index contributed by atoms with van der Waals surface area (Å²) in [5, 5.41) is 8.85. The van der Waals surface area contributed by atoms with Crippen LogP contribution in [0.3, 0.4) is 0 Å². The molecule has 0 atom stereocenters. The van der Waals surface area contributed by atoms with Crippen LogP contribution in [0.5, 0.6) is 0 Å². The van der Waals surface area contributed by atoms with Gasteiger partial charge in [-0.2, -0.15) is 0 Å². The Labute approximate surface area is 112 Å². The molecule has 0 amide bonds. The lowest BCUT2D eigenvalue weighted by Gasteiger charge is -2.00. The fourth-order valence-corrected chi connectivity index (χ4v) is 2.32. The molecular weight excluding hydrogens is 266 g/mol. The Balaban J connectivity index is 0.000000408. The van der Waals surface area contributed by atoms with Crippen molar-refractivity contribution < 1.29 is 14.3 Å². The van der Waals surface area contributed by atoms with E-state index in [-0.39, 0.29) is 6.47 Å². The zero-order valence-corrected chi connectivity index (χ0v) is 10.6. The Morgan fingerprint density at radius 2 is 2.21 bits per heavy atom. The van der Waals surface area contributed by atoms with Crippen LogP contribution in [0.15, 0.2) is 34.3 Å². The van der Waals surface area contributed by atoms with E-state index in [0.717, 1.165) is 16.0 Å². The van der Waals surface area contributed by atoms with Gasteiger partial charge >= 0.3 is 0 Å². The second-order valence-electron chi connectivity index (χ2n) is 3.52. The molecule has 0 unspecified atom stereocenters. The summed E-state index contributed by atoms with van der Waals surface area (Å²) in [5.74, 6) is 2.08. The zero-order valence-electron chi connectivity index (χ0n) is 9.81. The van der Waals surface area contributed by atoms with Crippen LogP contribution < -0.4 is 5.73 Å². The van der Waals surface area contributed by atoms with Gasteiger partial charge in [-0.05, 0) is 23.6 Å². The van der Waals surface area contributed by atoms with Crippen LogP contribution in [0.4, 0.5) is 5.82 Å². The highest BCUT2D eigenvalue weighted by molar-refractivity contribution is 7.17. The van der Waals surface area contributed by atoms with Gasteiger partial charge in [0.15, 0.2) is 0 Å². The summed E-state index contributed by atoms with van der Waals surface area (Å²) in [6.07, 6.45) is 2.21. The molecule has 3 aromatic rings. The molecule has 0 fully saturated rings. The molecule has 0 saturated carbocycles. The number of fused-ring (bicyclic) bond motifs is 1. The summed E-state index contributed by atoms with van der Waals surface area (Å²) >= 11 is 1.56. The Hall–Kier alpha value is -2.41. The van der Waals surface area contributed by atoms with E-state index in [1.54, 1.807) is 17.6 Å². The van der Waals surface area contributed by atoms with E-state index < -0.39 is 0 Å². The van der Waals surface area contributed by atoms with Gasteiger partial charge in [0.05, 0.1) is 22.9 Å². The summed E-state index contributed by atoms with van der Waals surface area (Å²) in [5.41, 5.74) is 6.76. The highest BCUT2D eigenvalue weighted by Crippen LogP contribution is 2.24. The van der Waals surface area contributed by atoms with Crippen LogP contribution in [0.25, 0.3) is 10.2 Å². The molecule has 6 nitrogen and oxygen atoms in total. The van der Waals surface area contributed by atoms with E-state index in [4.69, 9.17) is 20.1 Å². The first-order chi connectivity index (χ1) is 9.24. The fraction of sp³-hybridized carbons (Fsp3) is 0.0833. The number of carbonyl (C=O) groups is 1. The van der Waals surface area contributed by atoms with Gasteiger partial charge in [0.1, 0.15) is 17.4 Å². The van der Waals surface area contributed by atoms with Crippen molar-refractivity contribution in [2.24, 2.45) is 0 Å². The molecule has 3 rings (SSSR count). The minimum absolute atomic E-state index is 0.250. The second kappa shape index (κ2) is 5.96. The first-order valence-electron chi connectivity index (χ1n) is 5.34. The molecule has 0 spiro atoms. The quantitative estimate of drug-likeness (QED) is 0.696. The zero-order chi connectivity index (χ0) is 13.7. The van der Waals surface area contributed by atoms with E-state index in [2.05, 4.69) is 9.97 Å². The lowest BCUT2D eigenvalue weighted by atomic mass is 10.3. The number of nitrogens with zero attached hydrogens (tertiary/aromatic N) is 2. The molecule has 0 aliphatic rings. The van der Waals surface area contributed by atoms with Gasteiger partial charge in [0.25, 0.3) is 6.47 Å². The number of nitrogens with two attached hydrogens (primary N) is 1. The lowest BCUT2D eigenvalue weighted by Crippen LogP contribution is -2.00. The molecule has 3 heterocycles. The van der Waals surface area contributed by atoms with Gasteiger partial charge in [-0.1, -0.05) is 0 Å². The van der Waals surface area contributed by atoms with Crippen LogP contribution in [-0.2, 0) is 11.2 Å². The molecule has 98 valence electrons. The molecule has 0 aliphatic heterocycles. The minimum atomic E-state index is -0.250. The SMILES string of the molecule is Nc1nc(Cc2ccco2)nc2ccsc12.O=CO. The molecule has 0 aromatic carbocycles. The molecule has 3 aromatic heterocycles. The van der Waals surface area contributed by atoms with Crippen LogP contribution in [0.1, 0.15) is 11.6 Å². The summed E-state index contributed by atoms with van der Waals surface area (Å²) in [6, 6.07) is 5.70. The number of thiophene rings is 1. The fourth-order valence-electron chi connectivity index (χ4n) is 1.58. The standard InChI is InChI=1S/C11H9N3OS.CH2O2/c12-11-10-8(3-5-16-10)13-9(14-11)6-7-2-1-4-15-7;2-1-3/h1-5H,6H2,(H2,12,13,14);1H,(H,2,3). The van der Waals surface area contributed by atoms with E-state index in [9.17, 15) is 0 Å². The summed E-state index contributed by atoms with van der Waals surface area (Å²) in [7, 11) is 0. The van der Waals surface area contributed by atoms with Gasteiger partial charge in [-0.3, -0.25) is 4.79 Å². The van der Waals surface area contributed by atoms with Gasteiger partial charge in [-0.25, -0.2) is 9.97 Å². The monoisotopic (exact) mass is 277 g/mol. The van der Waals surface area contributed by atoms with Crippen molar-refractivity contribution in [1.29, 1.82) is 0 Å². The lowest BCUT2D eigenvalue weighted by molar-refractivity contribution is -0.122. The first kappa shape index (κ1) is 13.0.